The summed E-state index contributed by atoms with van der Waals surface area (Å²) < 4.78 is 0. The molecule has 0 radical (unpaired) electrons. The van der Waals surface area contributed by atoms with Crippen molar-refractivity contribution in [2.45, 2.75) is 12.8 Å². The van der Waals surface area contributed by atoms with Crippen LogP contribution in [0.1, 0.15) is 12.2 Å². The molecule has 7 heteroatoms. The van der Waals surface area contributed by atoms with Crippen LogP contribution in [0.25, 0.3) is 11.0 Å². The van der Waals surface area contributed by atoms with Crippen molar-refractivity contribution in [3.8, 4) is 0 Å². The highest BCUT2D eigenvalue weighted by Crippen LogP contribution is 2.12. The van der Waals surface area contributed by atoms with Gasteiger partial charge in [0.25, 0.3) is 0 Å². The van der Waals surface area contributed by atoms with E-state index in [0.29, 0.717) is 6.42 Å². The summed E-state index contributed by atoms with van der Waals surface area (Å²) in [6.07, 6.45) is 0.653. The number of nitrogens with zero attached hydrogens (tertiary/aromatic N) is 2. The second-order valence-corrected chi connectivity index (χ2v) is 4.92. The Morgan fingerprint density at radius 2 is 1.90 bits per heavy atom. The Hall–Kier alpha value is -2.70. The normalized spacial score (nSPS) is 15.3. The molecule has 1 fully saturated rings. The first kappa shape index (κ1) is 13.3. The standard InChI is InChI=1S/C14H14N4O3/c19-12-7-18(8-13(20)17-12)14(21)6-5-11-15-9-3-1-2-4-10(9)16-11/h1-4H,5-8H2,(H,15,16)(H,17,19,20). The lowest BCUT2D eigenvalue weighted by molar-refractivity contribution is -0.145. The molecule has 3 amide bonds. The van der Waals surface area contributed by atoms with E-state index in [1.165, 1.54) is 4.90 Å². The Balaban J connectivity index is 1.62. The molecule has 0 aliphatic carbocycles. The molecule has 7 nitrogen and oxygen atoms in total. The molecule has 2 aromatic rings. The van der Waals surface area contributed by atoms with Crippen LogP contribution >= 0.6 is 0 Å². The van der Waals surface area contributed by atoms with Crippen molar-refractivity contribution in [2.75, 3.05) is 13.1 Å². The molecule has 0 spiro atoms. The van der Waals surface area contributed by atoms with Gasteiger partial charge >= 0.3 is 0 Å². The number of hydrogen-bond acceptors (Lipinski definition) is 4. The van der Waals surface area contributed by atoms with Crippen LogP contribution in [0.15, 0.2) is 24.3 Å². The summed E-state index contributed by atoms with van der Waals surface area (Å²) in [7, 11) is 0. The summed E-state index contributed by atoms with van der Waals surface area (Å²) in [4.78, 5) is 43.3. The first-order chi connectivity index (χ1) is 10.1. The van der Waals surface area contributed by atoms with Crippen molar-refractivity contribution < 1.29 is 14.4 Å². The lowest BCUT2D eigenvalue weighted by Gasteiger charge is -2.25. The number of carbonyl (C=O) groups is 3. The van der Waals surface area contributed by atoms with Crippen LogP contribution in [0.4, 0.5) is 0 Å². The van der Waals surface area contributed by atoms with Crippen LogP contribution in [0.5, 0.6) is 0 Å². The maximum Gasteiger partial charge on any atom is 0.246 e. The van der Waals surface area contributed by atoms with Gasteiger partial charge in [0, 0.05) is 12.8 Å². The Bertz CT molecular complexity index is 673. The second kappa shape index (κ2) is 5.35. The van der Waals surface area contributed by atoms with Crippen molar-refractivity contribution in [1.29, 1.82) is 0 Å². The van der Waals surface area contributed by atoms with Gasteiger partial charge < -0.3 is 9.88 Å². The predicted molar refractivity (Wildman–Crippen MR) is 74.1 cm³/mol. The molecule has 1 aliphatic heterocycles. The molecule has 0 bridgehead atoms. The Kier molecular flexibility index (Phi) is 3.39. The number of imide groups is 1. The number of aromatic nitrogens is 2. The molecule has 2 heterocycles. The summed E-state index contributed by atoms with van der Waals surface area (Å²) in [5, 5.41) is 2.17. The molecule has 108 valence electrons. The molecular weight excluding hydrogens is 272 g/mol. The average Bonchev–Trinajstić information content (AvgIpc) is 2.86. The van der Waals surface area contributed by atoms with Gasteiger partial charge in [-0.25, -0.2) is 4.98 Å². The molecule has 21 heavy (non-hydrogen) atoms. The zero-order valence-electron chi connectivity index (χ0n) is 11.3. The number of H-pyrrole nitrogens is 1. The fraction of sp³-hybridized carbons (Fsp3) is 0.286. The third-order valence-corrected chi connectivity index (χ3v) is 3.31. The van der Waals surface area contributed by atoms with Crippen LogP contribution < -0.4 is 5.32 Å². The Labute approximate surface area is 120 Å². The van der Waals surface area contributed by atoms with Gasteiger partial charge in [-0.05, 0) is 12.1 Å². The molecule has 3 rings (SSSR count). The zero-order chi connectivity index (χ0) is 14.8. The average molecular weight is 286 g/mol. The predicted octanol–water partition coefficient (Wildman–Crippen LogP) is -0.0195. The van der Waals surface area contributed by atoms with Crippen LogP contribution in [-0.4, -0.2) is 45.7 Å². The van der Waals surface area contributed by atoms with Gasteiger partial charge in [-0.1, -0.05) is 12.1 Å². The van der Waals surface area contributed by atoms with E-state index in [2.05, 4.69) is 15.3 Å². The van der Waals surface area contributed by atoms with E-state index < -0.39 is 11.8 Å². The molecule has 1 aliphatic rings. The zero-order valence-corrected chi connectivity index (χ0v) is 11.3. The van der Waals surface area contributed by atoms with Crippen LogP contribution in [-0.2, 0) is 20.8 Å². The minimum atomic E-state index is -0.441. The number of fused-ring (bicyclic) bond motifs is 1. The van der Waals surface area contributed by atoms with Gasteiger partial charge in [0.1, 0.15) is 18.9 Å². The van der Waals surface area contributed by atoms with Gasteiger partial charge in [0.2, 0.25) is 17.7 Å². The number of para-hydroxylation sites is 2. The summed E-state index contributed by atoms with van der Waals surface area (Å²) >= 11 is 0. The largest absolute Gasteiger partial charge is 0.342 e. The molecule has 1 saturated heterocycles. The van der Waals surface area contributed by atoms with Gasteiger partial charge in [0.05, 0.1) is 11.0 Å². The number of aromatic amines is 1. The quantitative estimate of drug-likeness (QED) is 0.775. The number of imidazole rings is 1. The van der Waals surface area contributed by atoms with E-state index >= 15 is 0 Å². The fourth-order valence-electron chi connectivity index (χ4n) is 2.32. The number of carbonyl (C=O) groups excluding carboxylic acids is 3. The fourth-order valence-corrected chi connectivity index (χ4v) is 2.32. The highest BCUT2D eigenvalue weighted by molar-refractivity contribution is 6.02. The molecule has 0 saturated carbocycles. The van der Waals surface area contributed by atoms with E-state index in [1.807, 2.05) is 24.3 Å². The topological polar surface area (TPSA) is 95.2 Å². The molecule has 1 aromatic carbocycles. The van der Waals surface area contributed by atoms with Gasteiger partial charge in [-0.15, -0.1) is 0 Å². The van der Waals surface area contributed by atoms with Crippen molar-refractivity contribution in [1.82, 2.24) is 20.2 Å². The van der Waals surface area contributed by atoms with E-state index in [4.69, 9.17) is 0 Å². The molecule has 1 aromatic heterocycles. The maximum atomic E-state index is 12.0. The summed E-state index contributed by atoms with van der Waals surface area (Å²) in [5.74, 6) is -0.386. The molecular formula is C14H14N4O3. The van der Waals surface area contributed by atoms with Crippen molar-refractivity contribution in [3.63, 3.8) is 0 Å². The lowest BCUT2D eigenvalue weighted by atomic mass is 10.2. The van der Waals surface area contributed by atoms with Gasteiger partial charge in [-0.3, -0.25) is 19.7 Å². The highest BCUT2D eigenvalue weighted by atomic mass is 16.2. The number of rotatable bonds is 3. The van der Waals surface area contributed by atoms with Crippen molar-refractivity contribution in [3.05, 3.63) is 30.1 Å². The first-order valence-electron chi connectivity index (χ1n) is 6.66. The van der Waals surface area contributed by atoms with Crippen molar-refractivity contribution in [2.24, 2.45) is 0 Å². The van der Waals surface area contributed by atoms with Gasteiger partial charge in [0.15, 0.2) is 0 Å². The van der Waals surface area contributed by atoms with Crippen LogP contribution in [0.3, 0.4) is 0 Å². The SMILES string of the molecule is O=C1CN(C(=O)CCc2nc3ccccc3[nH]2)CC(=O)N1. The number of aryl methyl sites for hydroxylation is 1. The van der Waals surface area contributed by atoms with Gasteiger partial charge in [-0.2, -0.15) is 0 Å². The first-order valence-corrected chi connectivity index (χ1v) is 6.66. The van der Waals surface area contributed by atoms with Crippen LogP contribution in [0.2, 0.25) is 0 Å². The third kappa shape index (κ3) is 2.91. The van der Waals surface area contributed by atoms with Crippen LogP contribution in [0, 0.1) is 0 Å². The smallest absolute Gasteiger partial charge is 0.246 e. The minimum absolute atomic E-state index is 0.0648. The number of nitrogens with one attached hydrogen (secondary N) is 2. The number of benzene rings is 1. The highest BCUT2D eigenvalue weighted by Gasteiger charge is 2.26. The number of hydrogen-bond donors (Lipinski definition) is 2. The lowest BCUT2D eigenvalue weighted by Crippen LogP contribution is -2.53. The Morgan fingerprint density at radius 3 is 2.62 bits per heavy atom. The monoisotopic (exact) mass is 286 g/mol. The Morgan fingerprint density at radius 1 is 1.19 bits per heavy atom. The van der Waals surface area contributed by atoms with E-state index in [-0.39, 0.29) is 25.4 Å². The van der Waals surface area contributed by atoms with E-state index in [9.17, 15) is 14.4 Å². The third-order valence-electron chi connectivity index (χ3n) is 3.31. The van der Waals surface area contributed by atoms with Crippen molar-refractivity contribution >= 4 is 28.8 Å². The molecule has 0 atom stereocenters. The van der Waals surface area contributed by atoms with E-state index in [1.54, 1.807) is 0 Å². The molecule has 2 N–H and O–H groups in total. The number of piperazine rings is 1. The summed E-state index contributed by atoms with van der Waals surface area (Å²) in [6, 6.07) is 7.62. The molecule has 0 unspecified atom stereocenters. The van der Waals surface area contributed by atoms with E-state index in [0.717, 1.165) is 16.9 Å². The second-order valence-electron chi connectivity index (χ2n) is 4.92. The summed E-state index contributed by atoms with van der Waals surface area (Å²) in [5.41, 5.74) is 1.78. The summed E-state index contributed by atoms with van der Waals surface area (Å²) in [6.45, 7) is -0.130. The number of amides is 3. The minimum Gasteiger partial charge on any atom is -0.342 e. The maximum absolute atomic E-state index is 12.0.